The summed E-state index contributed by atoms with van der Waals surface area (Å²) >= 11 is 5.10. The van der Waals surface area contributed by atoms with Gasteiger partial charge >= 0.3 is 0 Å². The maximum atomic E-state index is 10.9. The number of rotatable bonds is 8. The van der Waals surface area contributed by atoms with Gasteiger partial charge in [-0.25, -0.2) is 0 Å². The van der Waals surface area contributed by atoms with Crippen molar-refractivity contribution in [3.63, 3.8) is 0 Å². The number of hydrogen-bond donors (Lipinski definition) is 1. The van der Waals surface area contributed by atoms with Crippen LogP contribution in [0.15, 0.2) is 21.8 Å². The van der Waals surface area contributed by atoms with Crippen molar-refractivity contribution in [2.45, 2.75) is 23.8 Å². The molecule has 2 rings (SSSR count). The SMILES string of the molecule is COc1cc(Br)c(CSc2nnc(CCC(N)=O)n2C)cc1OC. The highest BCUT2D eigenvalue weighted by molar-refractivity contribution is 9.10. The summed E-state index contributed by atoms with van der Waals surface area (Å²) in [6, 6.07) is 3.81. The van der Waals surface area contributed by atoms with Crippen molar-refractivity contribution in [2.24, 2.45) is 12.8 Å². The van der Waals surface area contributed by atoms with E-state index in [1.165, 1.54) is 0 Å². The predicted octanol–water partition coefficient (Wildman–Crippen LogP) is 2.30. The third-order valence-corrected chi connectivity index (χ3v) is 5.24. The second-order valence-corrected chi connectivity index (χ2v) is 6.81. The van der Waals surface area contributed by atoms with Crippen LogP contribution in [0.4, 0.5) is 0 Å². The van der Waals surface area contributed by atoms with Crippen molar-refractivity contribution in [1.82, 2.24) is 14.8 Å². The molecule has 130 valence electrons. The van der Waals surface area contributed by atoms with Gasteiger partial charge in [-0.1, -0.05) is 27.7 Å². The van der Waals surface area contributed by atoms with Crippen LogP contribution < -0.4 is 15.2 Å². The molecule has 9 heteroatoms. The number of aromatic nitrogens is 3. The van der Waals surface area contributed by atoms with Gasteiger partial charge in [0.1, 0.15) is 5.82 Å². The summed E-state index contributed by atoms with van der Waals surface area (Å²) in [5.74, 6) is 2.42. The molecule has 1 amide bonds. The van der Waals surface area contributed by atoms with Gasteiger partial charge in [-0.2, -0.15) is 0 Å². The molecule has 1 heterocycles. The van der Waals surface area contributed by atoms with E-state index in [0.717, 1.165) is 21.0 Å². The molecule has 0 aliphatic rings. The molecule has 0 fully saturated rings. The van der Waals surface area contributed by atoms with Crippen molar-refractivity contribution < 1.29 is 14.3 Å². The van der Waals surface area contributed by atoms with E-state index in [9.17, 15) is 4.79 Å². The van der Waals surface area contributed by atoms with Gasteiger partial charge in [-0.05, 0) is 17.7 Å². The number of methoxy groups -OCH3 is 2. The minimum Gasteiger partial charge on any atom is -0.493 e. The van der Waals surface area contributed by atoms with Crippen molar-refractivity contribution in [3.8, 4) is 11.5 Å². The molecule has 1 aromatic carbocycles. The number of nitrogens with two attached hydrogens (primary N) is 1. The van der Waals surface area contributed by atoms with E-state index < -0.39 is 0 Å². The number of aryl methyl sites for hydroxylation is 1. The van der Waals surface area contributed by atoms with Gasteiger partial charge in [-0.3, -0.25) is 4.79 Å². The Kier molecular flexibility index (Phi) is 6.50. The molecule has 0 saturated carbocycles. The fourth-order valence-electron chi connectivity index (χ4n) is 2.07. The molecule has 24 heavy (non-hydrogen) atoms. The number of ether oxygens (including phenoxy) is 2. The van der Waals surface area contributed by atoms with Crippen molar-refractivity contribution in [1.29, 1.82) is 0 Å². The van der Waals surface area contributed by atoms with Crippen LogP contribution in [0.1, 0.15) is 17.8 Å². The molecule has 0 atom stereocenters. The first kappa shape index (κ1) is 18.6. The summed E-state index contributed by atoms with van der Waals surface area (Å²) in [6.07, 6.45) is 0.747. The number of carbonyl (C=O) groups is 1. The molecule has 0 saturated heterocycles. The first-order chi connectivity index (χ1) is 11.5. The van der Waals surface area contributed by atoms with Gasteiger partial charge < -0.3 is 19.8 Å². The summed E-state index contributed by atoms with van der Waals surface area (Å²) in [5, 5.41) is 9.05. The first-order valence-electron chi connectivity index (χ1n) is 7.16. The Labute approximate surface area is 153 Å². The number of hydrogen-bond acceptors (Lipinski definition) is 6. The smallest absolute Gasteiger partial charge is 0.217 e. The standard InChI is InChI=1S/C15H19BrN4O3S/c1-20-14(5-4-13(17)21)18-19-15(20)24-8-9-6-11(22-2)12(23-3)7-10(9)16/h6-7H,4-5,8H2,1-3H3,(H2,17,21). The lowest BCUT2D eigenvalue weighted by molar-refractivity contribution is -0.118. The van der Waals surface area contributed by atoms with Crippen molar-refractivity contribution >= 4 is 33.6 Å². The first-order valence-corrected chi connectivity index (χ1v) is 8.93. The zero-order valence-electron chi connectivity index (χ0n) is 13.7. The van der Waals surface area contributed by atoms with Crippen molar-refractivity contribution in [3.05, 3.63) is 28.0 Å². The molecule has 0 spiro atoms. The number of halogens is 1. The highest BCUT2D eigenvalue weighted by Crippen LogP contribution is 2.35. The van der Waals surface area contributed by atoms with E-state index in [-0.39, 0.29) is 12.3 Å². The monoisotopic (exact) mass is 414 g/mol. The number of benzene rings is 1. The largest absolute Gasteiger partial charge is 0.493 e. The van der Waals surface area contributed by atoms with Gasteiger partial charge in [0.25, 0.3) is 0 Å². The minimum absolute atomic E-state index is 0.262. The summed E-state index contributed by atoms with van der Waals surface area (Å²) < 4.78 is 13.4. The van der Waals surface area contributed by atoms with Gasteiger partial charge in [0.15, 0.2) is 16.7 Å². The van der Waals surface area contributed by atoms with E-state index in [2.05, 4.69) is 26.1 Å². The van der Waals surface area contributed by atoms with Crippen LogP contribution in [0.3, 0.4) is 0 Å². The number of amides is 1. The summed E-state index contributed by atoms with van der Waals surface area (Å²) in [4.78, 5) is 10.9. The van der Waals surface area contributed by atoms with E-state index in [1.54, 1.807) is 26.0 Å². The van der Waals surface area contributed by atoms with Crippen LogP contribution in [-0.2, 0) is 24.0 Å². The van der Waals surface area contributed by atoms with Gasteiger partial charge in [0.05, 0.1) is 14.2 Å². The van der Waals surface area contributed by atoms with Crippen LogP contribution in [0.25, 0.3) is 0 Å². The van der Waals surface area contributed by atoms with E-state index in [1.807, 2.05) is 23.7 Å². The average molecular weight is 415 g/mol. The molecular weight excluding hydrogens is 396 g/mol. The van der Waals surface area contributed by atoms with E-state index in [4.69, 9.17) is 15.2 Å². The molecule has 0 radical (unpaired) electrons. The number of primary amides is 1. The van der Waals surface area contributed by atoms with Crippen LogP contribution >= 0.6 is 27.7 Å². The van der Waals surface area contributed by atoms with E-state index >= 15 is 0 Å². The summed E-state index contributed by atoms with van der Waals surface area (Å²) in [5.41, 5.74) is 6.23. The summed E-state index contributed by atoms with van der Waals surface area (Å²) in [7, 11) is 5.09. The Morgan fingerprint density at radius 3 is 2.58 bits per heavy atom. The molecule has 0 aliphatic carbocycles. The Morgan fingerprint density at radius 2 is 1.96 bits per heavy atom. The van der Waals surface area contributed by atoms with Crippen LogP contribution in [0.2, 0.25) is 0 Å². The topological polar surface area (TPSA) is 92.3 Å². The Hall–Kier alpha value is -1.74. The Morgan fingerprint density at radius 1 is 1.29 bits per heavy atom. The number of carbonyl (C=O) groups excluding carboxylic acids is 1. The van der Waals surface area contributed by atoms with Gasteiger partial charge in [-0.15, -0.1) is 10.2 Å². The number of thioether (sulfide) groups is 1. The maximum absolute atomic E-state index is 10.9. The highest BCUT2D eigenvalue weighted by atomic mass is 79.9. The number of nitrogens with zero attached hydrogens (tertiary/aromatic N) is 3. The second kappa shape index (κ2) is 8.39. The predicted molar refractivity (Wildman–Crippen MR) is 95.3 cm³/mol. The zero-order chi connectivity index (χ0) is 17.7. The molecule has 1 aromatic heterocycles. The third-order valence-electron chi connectivity index (χ3n) is 3.43. The van der Waals surface area contributed by atoms with Crippen LogP contribution in [-0.4, -0.2) is 34.9 Å². The molecular formula is C15H19BrN4O3S. The third kappa shape index (κ3) is 4.41. The Balaban J connectivity index is 2.10. The normalized spacial score (nSPS) is 10.7. The minimum atomic E-state index is -0.346. The zero-order valence-corrected chi connectivity index (χ0v) is 16.1. The summed E-state index contributed by atoms with van der Waals surface area (Å²) in [6.45, 7) is 0. The van der Waals surface area contributed by atoms with Gasteiger partial charge in [0.2, 0.25) is 5.91 Å². The molecule has 0 aliphatic heterocycles. The molecule has 2 aromatic rings. The fourth-order valence-corrected chi connectivity index (χ4v) is 3.64. The quantitative estimate of drug-likeness (QED) is 0.666. The molecule has 2 N–H and O–H groups in total. The van der Waals surface area contributed by atoms with E-state index in [0.29, 0.717) is 23.7 Å². The fraction of sp³-hybridized carbons (Fsp3) is 0.400. The van der Waals surface area contributed by atoms with Crippen LogP contribution in [0.5, 0.6) is 11.5 Å². The lowest BCUT2D eigenvalue weighted by Crippen LogP contribution is -2.12. The Bertz CT molecular complexity index is 736. The molecule has 0 unspecified atom stereocenters. The molecule has 0 bridgehead atoms. The van der Waals surface area contributed by atoms with Crippen LogP contribution in [0, 0.1) is 0 Å². The highest BCUT2D eigenvalue weighted by Gasteiger charge is 2.13. The lowest BCUT2D eigenvalue weighted by Gasteiger charge is -2.11. The second-order valence-electron chi connectivity index (χ2n) is 5.01. The average Bonchev–Trinajstić information content (AvgIpc) is 2.91. The lowest BCUT2D eigenvalue weighted by atomic mass is 10.2. The van der Waals surface area contributed by atoms with Gasteiger partial charge in [0, 0.05) is 30.1 Å². The van der Waals surface area contributed by atoms with Crippen molar-refractivity contribution in [2.75, 3.05) is 14.2 Å². The maximum Gasteiger partial charge on any atom is 0.217 e. The molecule has 7 nitrogen and oxygen atoms in total.